The molecule has 9 heteroatoms. The number of urea groups is 1. The van der Waals surface area contributed by atoms with Gasteiger partial charge < -0.3 is 29.0 Å². The molecule has 160 valence electrons. The molecule has 2 aliphatic heterocycles. The average Bonchev–Trinajstić information content (AvgIpc) is 3.49. The Morgan fingerprint density at radius 2 is 1.94 bits per heavy atom. The second-order valence-corrected chi connectivity index (χ2v) is 7.32. The third kappa shape index (κ3) is 3.86. The lowest BCUT2D eigenvalue weighted by Gasteiger charge is -2.23. The lowest BCUT2D eigenvalue weighted by Crippen LogP contribution is -2.34. The second-order valence-electron chi connectivity index (χ2n) is 7.32. The fraction of sp³-hybridized carbons (Fsp3) is 0.318. The molecular formula is C22H22N4O5. The molecule has 0 unspecified atom stereocenters. The molecule has 0 spiro atoms. The zero-order valence-electron chi connectivity index (χ0n) is 17.0. The maximum atomic E-state index is 13.0. The Kier molecular flexibility index (Phi) is 5.07. The first kappa shape index (κ1) is 19.2. The van der Waals surface area contributed by atoms with Crippen molar-refractivity contribution in [2.45, 2.75) is 18.9 Å². The van der Waals surface area contributed by atoms with E-state index in [1.165, 1.54) is 0 Å². The first-order chi connectivity index (χ1) is 15.2. The first-order valence-electron chi connectivity index (χ1n) is 10.2. The van der Waals surface area contributed by atoms with Crippen LogP contribution in [0.15, 0.2) is 47.0 Å². The summed E-state index contributed by atoms with van der Waals surface area (Å²) in [5, 5.41) is 7.03. The van der Waals surface area contributed by atoms with Crippen LogP contribution >= 0.6 is 0 Å². The third-order valence-corrected chi connectivity index (χ3v) is 5.38. The van der Waals surface area contributed by atoms with Crippen molar-refractivity contribution in [1.29, 1.82) is 0 Å². The minimum Gasteiger partial charge on any atom is -0.497 e. The first-order valence-corrected chi connectivity index (χ1v) is 10.2. The van der Waals surface area contributed by atoms with Crippen LogP contribution in [0.25, 0.3) is 11.4 Å². The summed E-state index contributed by atoms with van der Waals surface area (Å²) in [5.74, 6) is 2.98. The van der Waals surface area contributed by atoms with Crippen molar-refractivity contribution in [1.82, 2.24) is 15.0 Å². The van der Waals surface area contributed by atoms with Crippen LogP contribution < -0.4 is 19.5 Å². The van der Waals surface area contributed by atoms with Crippen LogP contribution in [-0.4, -0.2) is 47.9 Å². The standard InChI is InChI=1S/C22H22N4O5/c1-28-16-7-4-14(5-8-16)20-24-21(31-25-20)17-3-2-10-26(17)22(27)23-15-6-9-18-19(13-15)30-12-11-29-18/h4-9,13,17H,2-3,10-12H2,1H3,(H,23,27)/t17-/m0/s1. The van der Waals surface area contributed by atoms with E-state index in [9.17, 15) is 4.79 Å². The van der Waals surface area contributed by atoms with Gasteiger partial charge in [0, 0.05) is 23.9 Å². The molecular weight excluding hydrogens is 400 g/mol. The van der Waals surface area contributed by atoms with Crippen LogP contribution in [0.4, 0.5) is 10.5 Å². The molecule has 0 radical (unpaired) electrons. The van der Waals surface area contributed by atoms with E-state index in [0.29, 0.717) is 48.7 Å². The van der Waals surface area contributed by atoms with Crippen molar-refractivity contribution in [3.63, 3.8) is 0 Å². The summed E-state index contributed by atoms with van der Waals surface area (Å²) in [6, 6.07) is 12.3. The van der Waals surface area contributed by atoms with Crippen LogP contribution in [-0.2, 0) is 0 Å². The molecule has 1 aromatic heterocycles. The Morgan fingerprint density at radius 3 is 2.74 bits per heavy atom. The molecule has 9 nitrogen and oxygen atoms in total. The lowest BCUT2D eigenvalue weighted by molar-refractivity contribution is 0.171. The number of ether oxygens (including phenoxy) is 3. The van der Waals surface area contributed by atoms with Gasteiger partial charge >= 0.3 is 6.03 Å². The van der Waals surface area contributed by atoms with Gasteiger partial charge in [-0.2, -0.15) is 4.98 Å². The molecule has 5 rings (SSSR count). The van der Waals surface area contributed by atoms with Crippen molar-refractivity contribution >= 4 is 11.7 Å². The maximum absolute atomic E-state index is 13.0. The highest BCUT2D eigenvalue weighted by atomic mass is 16.6. The smallest absolute Gasteiger partial charge is 0.322 e. The number of nitrogens with zero attached hydrogens (tertiary/aromatic N) is 3. The molecule has 31 heavy (non-hydrogen) atoms. The van der Waals surface area contributed by atoms with Gasteiger partial charge in [0.1, 0.15) is 25.0 Å². The SMILES string of the molecule is COc1ccc(-c2noc([C@@H]3CCCN3C(=O)Nc3ccc4c(c3)OCCO4)n2)cc1. The predicted octanol–water partition coefficient (Wildman–Crippen LogP) is 3.89. The van der Waals surface area contributed by atoms with Crippen molar-refractivity contribution in [2.75, 3.05) is 32.2 Å². The van der Waals surface area contributed by atoms with Gasteiger partial charge in [-0.25, -0.2) is 4.79 Å². The summed E-state index contributed by atoms with van der Waals surface area (Å²) in [7, 11) is 1.62. The molecule has 0 saturated carbocycles. The van der Waals surface area contributed by atoms with Gasteiger partial charge in [-0.3, -0.25) is 0 Å². The number of amides is 2. The number of methoxy groups -OCH3 is 1. The molecule has 2 amide bonds. The fourth-order valence-electron chi connectivity index (χ4n) is 3.81. The largest absolute Gasteiger partial charge is 0.497 e. The summed E-state index contributed by atoms with van der Waals surface area (Å²) < 4.78 is 21.8. The number of carbonyl (C=O) groups is 1. The number of likely N-dealkylation sites (tertiary alicyclic amines) is 1. The number of carbonyl (C=O) groups excluding carboxylic acids is 1. The monoisotopic (exact) mass is 422 g/mol. The van der Waals surface area contributed by atoms with Gasteiger partial charge in [0.05, 0.1) is 7.11 Å². The number of hydrogen-bond donors (Lipinski definition) is 1. The van der Waals surface area contributed by atoms with E-state index in [0.717, 1.165) is 24.2 Å². The predicted molar refractivity (Wildman–Crippen MR) is 111 cm³/mol. The molecule has 3 aromatic rings. The fourth-order valence-corrected chi connectivity index (χ4v) is 3.81. The van der Waals surface area contributed by atoms with Crippen LogP contribution in [0, 0.1) is 0 Å². The van der Waals surface area contributed by atoms with Crippen LogP contribution in [0.1, 0.15) is 24.8 Å². The van der Waals surface area contributed by atoms with E-state index in [4.69, 9.17) is 18.7 Å². The Bertz CT molecular complexity index is 1080. The Hall–Kier alpha value is -3.75. The van der Waals surface area contributed by atoms with Gasteiger partial charge in [0.15, 0.2) is 11.5 Å². The van der Waals surface area contributed by atoms with Crippen LogP contribution in [0.3, 0.4) is 0 Å². The van der Waals surface area contributed by atoms with Crippen molar-refractivity contribution in [2.24, 2.45) is 0 Å². The van der Waals surface area contributed by atoms with E-state index in [1.807, 2.05) is 24.3 Å². The normalized spacial score (nSPS) is 17.5. The number of benzene rings is 2. The minimum absolute atomic E-state index is 0.219. The van der Waals surface area contributed by atoms with Crippen LogP contribution in [0.2, 0.25) is 0 Å². The number of aromatic nitrogens is 2. The van der Waals surface area contributed by atoms with E-state index in [1.54, 1.807) is 30.2 Å². The summed E-state index contributed by atoms with van der Waals surface area (Å²) in [5.41, 5.74) is 1.46. The van der Waals surface area contributed by atoms with Gasteiger partial charge in [0.2, 0.25) is 11.7 Å². The molecule has 0 aliphatic carbocycles. The molecule has 1 saturated heterocycles. The number of rotatable bonds is 4. The maximum Gasteiger partial charge on any atom is 0.322 e. The summed E-state index contributed by atoms with van der Waals surface area (Å²) in [6.07, 6.45) is 1.62. The number of fused-ring (bicyclic) bond motifs is 1. The Labute approximate surface area is 178 Å². The summed E-state index contributed by atoms with van der Waals surface area (Å²) in [4.78, 5) is 19.2. The van der Waals surface area contributed by atoms with E-state index < -0.39 is 0 Å². The van der Waals surface area contributed by atoms with Crippen molar-refractivity contribution in [3.8, 4) is 28.6 Å². The van der Waals surface area contributed by atoms with Gasteiger partial charge in [-0.15, -0.1) is 0 Å². The quantitative estimate of drug-likeness (QED) is 0.681. The average molecular weight is 422 g/mol. The molecule has 0 bridgehead atoms. The molecule has 1 atom stereocenters. The molecule has 1 N–H and O–H groups in total. The second kappa shape index (κ2) is 8.17. The highest BCUT2D eigenvalue weighted by Crippen LogP contribution is 2.35. The van der Waals surface area contributed by atoms with Gasteiger partial charge in [-0.05, 0) is 49.2 Å². The Balaban J connectivity index is 1.30. The number of hydrogen-bond acceptors (Lipinski definition) is 7. The molecule has 1 fully saturated rings. The lowest BCUT2D eigenvalue weighted by atomic mass is 10.2. The summed E-state index contributed by atoms with van der Waals surface area (Å²) >= 11 is 0. The van der Waals surface area contributed by atoms with E-state index in [-0.39, 0.29) is 12.1 Å². The molecule has 2 aliphatic rings. The van der Waals surface area contributed by atoms with Crippen molar-refractivity contribution in [3.05, 3.63) is 48.4 Å². The van der Waals surface area contributed by atoms with Crippen LogP contribution in [0.5, 0.6) is 17.2 Å². The highest BCUT2D eigenvalue weighted by molar-refractivity contribution is 5.90. The zero-order chi connectivity index (χ0) is 21.2. The summed E-state index contributed by atoms with van der Waals surface area (Å²) in [6.45, 7) is 1.63. The molecule has 2 aromatic carbocycles. The zero-order valence-corrected chi connectivity index (χ0v) is 17.0. The van der Waals surface area contributed by atoms with Gasteiger partial charge in [-0.1, -0.05) is 5.16 Å². The van der Waals surface area contributed by atoms with Gasteiger partial charge in [0.25, 0.3) is 0 Å². The van der Waals surface area contributed by atoms with E-state index >= 15 is 0 Å². The third-order valence-electron chi connectivity index (χ3n) is 5.38. The molecule has 3 heterocycles. The Morgan fingerprint density at radius 1 is 1.13 bits per heavy atom. The topological polar surface area (TPSA) is 99.0 Å². The number of anilines is 1. The highest BCUT2D eigenvalue weighted by Gasteiger charge is 2.34. The van der Waals surface area contributed by atoms with Crippen molar-refractivity contribution < 1.29 is 23.5 Å². The number of nitrogens with one attached hydrogen (secondary N) is 1. The van der Waals surface area contributed by atoms with E-state index in [2.05, 4.69) is 15.5 Å². The minimum atomic E-state index is -0.267.